The molecule has 0 radical (unpaired) electrons. The Bertz CT molecular complexity index is 810. The lowest BCUT2D eigenvalue weighted by Crippen LogP contribution is -2.46. The van der Waals surface area contributed by atoms with Crippen LogP contribution in [0.25, 0.3) is 11.1 Å². The van der Waals surface area contributed by atoms with E-state index in [-0.39, 0.29) is 11.8 Å². The average Bonchev–Trinajstić information content (AvgIpc) is 3.01. The Morgan fingerprint density at radius 3 is 2.62 bits per heavy atom. The van der Waals surface area contributed by atoms with Crippen molar-refractivity contribution in [3.05, 3.63) is 53.6 Å². The molecule has 5 heteroatoms. The van der Waals surface area contributed by atoms with Gasteiger partial charge in [-0.2, -0.15) is 0 Å². The standard InChI is InChI=1S/C19H19N3O2/c23-18-12-15-5-4-14(11-17(15)21-18)13-2-1-3-16(10-13)19(24)22-8-6-20-7-9-22/h1-5,10-11,20H,6-9,12H2,(H,21,23). The first kappa shape index (κ1) is 14.9. The lowest BCUT2D eigenvalue weighted by atomic mass is 10.00. The molecule has 2 amide bonds. The second kappa shape index (κ2) is 6.09. The van der Waals surface area contributed by atoms with E-state index in [4.69, 9.17) is 0 Å². The third-order valence-corrected chi connectivity index (χ3v) is 4.58. The molecule has 0 atom stereocenters. The lowest BCUT2D eigenvalue weighted by Gasteiger charge is -2.27. The number of rotatable bonds is 2. The molecule has 2 aliphatic rings. The van der Waals surface area contributed by atoms with Crippen LogP contribution >= 0.6 is 0 Å². The van der Waals surface area contributed by atoms with Gasteiger partial charge in [-0.25, -0.2) is 0 Å². The first-order valence-electron chi connectivity index (χ1n) is 8.24. The summed E-state index contributed by atoms with van der Waals surface area (Å²) in [5.41, 5.74) is 4.60. The average molecular weight is 321 g/mol. The first-order chi connectivity index (χ1) is 11.7. The fourth-order valence-corrected chi connectivity index (χ4v) is 3.28. The van der Waals surface area contributed by atoms with Crippen molar-refractivity contribution < 1.29 is 9.59 Å². The topological polar surface area (TPSA) is 61.4 Å². The molecule has 0 saturated carbocycles. The van der Waals surface area contributed by atoms with Gasteiger partial charge in [-0.15, -0.1) is 0 Å². The Balaban J connectivity index is 1.62. The van der Waals surface area contributed by atoms with Crippen molar-refractivity contribution in [2.45, 2.75) is 6.42 Å². The summed E-state index contributed by atoms with van der Waals surface area (Å²) in [6, 6.07) is 13.7. The Morgan fingerprint density at radius 2 is 1.79 bits per heavy atom. The summed E-state index contributed by atoms with van der Waals surface area (Å²) >= 11 is 0. The van der Waals surface area contributed by atoms with Crippen molar-refractivity contribution in [3.8, 4) is 11.1 Å². The van der Waals surface area contributed by atoms with Gasteiger partial charge in [0.2, 0.25) is 5.91 Å². The van der Waals surface area contributed by atoms with E-state index in [1.807, 2.05) is 47.4 Å². The normalized spacial score (nSPS) is 16.7. The number of anilines is 1. The second-order valence-electron chi connectivity index (χ2n) is 6.22. The third-order valence-electron chi connectivity index (χ3n) is 4.58. The van der Waals surface area contributed by atoms with Crippen LogP contribution in [-0.2, 0) is 11.2 Å². The van der Waals surface area contributed by atoms with Gasteiger partial charge >= 0.3 is 0 Å². The molecule has 24 heavy (non-hydrogen) atoms. The summed E-state index contributed by atoms with van der Waals surface area (Å²) in [6.07, 6.45) is 0.442. The summed E-state index contributed by atoms with van der Waals surface area (Å²) in [4.78, 5) is 26.0. The van der Waals surface area contributed by atoms with Crippen LogP contribution in [0.2, 0.25) is 0 Å². The molecule has 1 fully saturated rings. The highest BCUT2D eigenvalue weighted by atomic mass is 16.2. The van der Waals surface area contributed by atoms with Crippen LogP contribution in [0.1, 0.15) is 15.9 Å². The third kappa shape index (κ3) is 2.78. The molecule has 0 spiro atoms. The summed E-state index contributed by atoms with van der Waals surface area (Å²) in [5, 5.41) is 6.13. The highest BCUT2D eigenvalue weighted by Crippen LogP contribution is 2.30. The van der Waals surface area contributed by atoms with Crippen LogP contribution in [-0.4, -0.2) is 42.9 Å². The van der Waals surface area contributed by atoms with E-state index in [1.165, 1.54) is 0 Å². The highest BCUT2D eigenvalue weighted by molar-refractivity contribution is 6.00. The molecule has 5 nitrogen and oxygen atoms in total. The van der Waals surface area contributed by atoms with Crippen molar-refractivity contribution in [3.63, 3.8) is 0 Å². The van der Waals surface area contributed by atoms with Crippen LogP contribution in [0.5, 0.6) is 0 Å². The minimum atomic E-state index is 0.0322. The predicted molar refractivity (Wildman–Crippen MR) is 93.0 cm³/mol. The molecule has 2 N–H and O–H groups in total. The Morgan fingerprint density at radius 1 is 1.00 bits per heavy atom. The van der Waals surface area contributed by atoms with E-state index >= 15 is 0 Å². The van der Waals surface area contributed by atoms with Crippen LogP contribution < -0.4 is 10.6 Å². The molecule has 2 aromatic carbocycles. The van der Waals surface area contributed by atoms with Gasteiger partial charge < -0.3 is 15.5 Å². The Kier molecular flexibility index (Phi) is 3.78. The van der Waals surface area contributed by atoms with E-state index in [1.54, 1.807) is 0 Å². The van der Waals surface area contributed by atoms with Gasteiger partial charge in [-0.3, -0.25) is 9.59 Å². The zero-order valence-corrected chi connectivity index (χ0v) is 13.3. The fraction of sp³-hybridized carbons (Fsp3) is 0.263. The second-order valence-corrected chi connectivity index (χ2v) is 6.22. The molecule has 0 aromatic heterocycles. The van der Waals surface area contributed by atoms with Crippen LogP contribution in [0, 0.1) is 0 Å². The maximum absolute atomic E-state index is 12.7. The van der Waals surface area contributed by atoms with Crippen LogP contribution in [0.3, 0.4) is 0 Å². The largest absolute Gasteiger partial charge is 0.336 e. The molecular weight excluding hydrogens is 302 g/mol. The molecule has 2 aliphatic heterocycles. The summed E-state index contributed by atoms with van der Waals surface area (Å²) in [6.45, 7) is 3.17. The number of benzene rings is 2. The number of hydrogen-bond donors (Lipinski definition) is 2. The highest BCUT2D eigenvalue weighted by Gasteiger charge is 2.20. The number of amides is 2. The Labute approximate surface area is 140 Å². The maximum atomic E-state index is 12.7. The van der Waals surface area contributed by atoms with Crippen molar-refractivity contribution >= 4 is 17.5 Å². The van der Waals surface area contributed by atoms with E-state index < -0.39 is 0 Å². The summed E-state index contributed by atoms with van der Waals surface area (Å²) in [5.74, 6) is 0.109. The van der Waals surface area contributed by atoms with Crippen LogP contribution in [0.15, 0.2) is 42.5 Å². The molecular formula is C19H19N3O2. The van der Waals surface area contributed by atoms with Gasteiger partial charge in [0.05, 0.1) is 6.42 Å². The Hall–Kier alpha value is -2.66. The zero-order chi connectivity index (χ0) is 16.5. The number of nitrogens with one attached hydrogen (secondary N) is 2. The van der Waals surface area contributed by atoms with Crippen molar-refractivity contribution in [2.75, 3.05) is 31.5 Å². The SMILES string of the molecule is O=C1Cc2ccc(-c3cccc(C(=O)N4CCNCC4)c3)cc2N1. The maximum Gasteiger partial charge on any atom is 0.253 e. The molecule has 4 rings (SSSR count). The predicted octanol–water partition coefficient (Wildman–Crippen LogP) is 1.89. The minimum Gasteiger partial charge on any atom is -0.336 e. The smallest absolute Gasteiger partial charge is 0.253 e. The zero-order valence-electron chi connectivity index (χ0n) is 13.3. The van der Waals surface area contributed by atoms with Crippen molar-refractivity contribution in [2.24, 2.45) is 0 Å². The van der Waals surface area contributed by atoms with E-state index in [9.17, 15) is 9.59 Å². The number of carbonyl (C=O) groups excluding carboxylic acids is 2. The molecule has 122 valence electrons. The summed E-state index contributed by atoms with van der Waals surface area (Å²) < 4.78 is 0. The lowest BCUT2D eigenvalue weighted by molar-refractivity contribution is -0.115. The summed E-state index contributed by atoms with van der Waals surface area (Å²) in [7, 11) is 0. The number of carbonyl (C=O) groups is 2. The number of nitrogens with zero attached hydrogens (tertiary/aromatic N) is 1. The number of piperazine rings is 1. The van der Waals surface area contributed by atoms with E-state index in [0.717, 1.165) is 48.6 Å². The van der Waals surface area contributed by atoms with Gasteiger partial charge in [-0.05, 0) is 34.9 Å². The monoisotopic (exact) mass is 321 g/mol. The van der Waals surface area contributed by atoms with Crippen molar-refractivity contribution in [1.82, 2.24) is 10.2 Å². The van der Waals surface area contributed by atoms with E-state index in [2.05, 4.69) is 10.6 Å². The molecule has 0 bridgehead atoms. The fourth-order valence-electron chi connectivity index (χ4n) is 3.28. The van der Waals surface area contributed by atoms with E-state index in [0.29, 0.717) is 12.0 Å². The first-order valence-corrected chi connectivity index (χ1v) is 8.24. The molecule has 0 aliphatic carbocycles. The van der Waals surface area contributed by atoms with Gasteiger partial charge in [0.25, 0.3) is 5.91 Å². The number of hydrogen-bond acceptors (Lipinski definition) is 3. The quantitative estimate of drug-likeness (QED) is 0.888. The molecule has 2 aromatic rings. The van der Waals surface area contributed by atoms with Crippen LogP contribution in [0.4, 0.5) is 5.69 Å². The number of fused-ring (bicyclic) bond motifs is 1. The van der Waals surface area contributed by atoms with Gasteiger partial charge in [0.15, 0.2) is 0 Å². The molecule has 0 unspecified atom stereocenters. The minimum absolute atomic E-state index is 0.0322. The molecule has 1 saturated heterocycles. The van der Waals surface area contributed by atoms with Gasteiger partial charge in [-0.1, -0.05) is 24.3 Å². The van der Waals surface area contributed by atoms with Gasteiger partial charge in [0.1, 0.15) is 0 Å². The van der Waals surface area contributed by atoms with Gasteiger partial charge in [0, 0.05) is 37.4 Å². The van der Waals surface area contributed by atoms with Crippen molar-refractivity contribution in [1.29, 1.82) is 0 Å². The molecule has 2 heterocycles.